The molecule has 0 aliphatic carbocycles. The first kappa shape index (κ1) is 25.8. The van der Waals surface area contributed by atoms with E-state index >= 15 is 0 Å². The SMILES string of the molecule is COC(=O)c1ccc(OC)c(C(=O)CBr)c1.COC(=O)c1ccc(OC)c(C(C)=O)c1. The second kappa shape index (κ2) is 12.5. The summed E-state index contributed by atoms with van der Waals surface area (Å²) in [5.41, 5.74) is 1.40. The molecule has 0 aliphatic rings. The van der Waals surface area contributed by atoms with E-state index in [1.165, 1.54) is 47.5 Å². The number of ketones is 2. The van der Waals surface area contributed by atoms with Crippen molar-refractivity contribution in [3.63, 3.8) is 0 Å². The minimum absolute atomic E-state index is 0.150. The monoisotopic (exact) mass is 494 g/mol. The lowest BCUT2D eigenvalue weighted by molar-refractivity contribution is 0.0591. The fourth-order valence-electron chi connectivity index (χ4n) is 2.47. The van der Waals surface area contributed by atoms with Gasteiger partial charge in [-0.1, -0.05) is 15.9 Å². The van der Waals surface area contributed by atoms with E-state index in [1.807, 2.05) is 0 Å². The first-order chi connectivity index (χ1) is 14.7. The van der Waals surface area contributed by atoms with Crippen molar-refractivity contribution in [1.29, 1.82) is 0 Å². The van der Waals surface area contributed by atoms with Gasteiger partial charge in [-0.2, -0.15) is 0 Å². The minimum Gasteiger partial charge on any atom is -0.496 e. The quantitative estimate of drug-likeness (QED) is 0.325. The van der Waals surface area contributed by atoms with Crippen molar-refractivity contribution in [1.82, 2.24) is 0 Å². The molecule has 8 nitrogen and oxygen atoms in total. The molecule has 2 rings (SSSR count). The Bertz CT molecular complexity index is 968. The van der Waals surface area contributed by atoms with Crippen molar-refractivity contribution in [2.45, 2.75) is 6.92 Å². The van der Waals surface area contributed by atoms with Crippen molar-refractivity contribution in [3.8, 4) is 11.5 Å². The number of methoxy groups -OCH3 is 4. The summed E-state index contributed by atoms with van der Waals surface area (Å²) in [4.78, 5) is 45.3. The van der Waals surface area contributed by atoms with Gasteiger partial charge in [-0.25, -0.2) is 9.59 Å². The summed E-state index contributed by atoms with van der Waals surface area (Å²) in [6.45, 7) is 1.42. The van der Waals surface area contributed by atoms with E-state index in [0.29, 0.717) is 33.8 Å². The van der Waals surface area contributed by atoms with Gasteiger partial charge in [-0.15, -0.1) is 0 Å². The number of halogens is 1. The molecule has 0 aromatic heterocycles. The van der Waals surface area contributed by atoms with Crippen LogP contribution in [-0.2, 0) is 9.47 Å². The zero-order valence-electron chi connectivity index (χ0n) is 17.8. The largest absolute Gasteiger partial charge is 0.496 e. The number of alkyl halides is 1. The third-order valence-electron chi connectivity index (χ3n) is 4.04. The second-order valence-electron chi connectivity index (χ2n) is 5.93. The Morgan fingerprint density at radius 1 is 0.742 bits per heavy atom. The number of carbonyl (C=O) groups is 4. The molecule has 2 aromatic rings. The summed E-state index contributed by atoms with van der Waals surface area (Å²) in [6.07, 6.45) is 0. The third kappa shape index (κ3) is 6.92. The molecule has 31 heavy (non-hydrogen) atoms. The number of hydrogen-bond acceptors (Lipinski definition) is 8. The highest BCUT2D eigenvalue weighted by Gasteiger charge is 2.15. The van der Waals surface area contributed by atoms with Gasteiger partial charge >= 0.3 is 11.9 Å². The number of benzene rings is 2. The summed E-state index contributed by atoms with van der Waals surface area (Å²) in [5, 5.41) is 0.175. The Morgan fingerprint density at radius 2 is 1.16 bits per heavy atom. The molecular weight excluding hydrogens is 472 g/mol. The van der Waals surface area contributed by atoms with Crippen molar-refractivity contribution in [2.75, 3.05) is 33.8 Å². The molecule has 0 atom stereocenters. The number of hydrogen-bond donors (Lipinski definition) is 0. The number of ether oxygens (including phenoxy) is 4. The maximum Gasteiger partial charge on any atom is 0.337 e. The average Bonchev–Trinajstić information content (AvgIpc) is 2.81. The Hall–Kier alpha value is -3.20. The highest BCUT2D eigenvalue weighted by Crippen LogP contribution is 2.22. The zero-order chi connectivity index (χ0) is 23.6. The first-order valence-corrected chi connectivity index (χ1v) is 9.98. The van der Waals surface area contributed by atoms with Crippen LogP contribution in [0, 0.1) is 0 Å². The molecule has 0 saturated heterocycles. The minimum atomic E-state index is -0.480. The van der Waals surface area contributed by atoms with E-state index in [4.69, 9.17) is 9.47 Å². The Kier molecular flexibility index (Phi) is 10.4. The lowest BCUT2D eigenvalue weighted by Crippen LogP contribution is -2.07. The Morgan fingerprint density at radius 3 is 1.52 bits per heavy atom. The van der Waals surface area contributed by atoms with Gasteiger partial charge in [0.25, 0.3) is 0 Å². The molecule has 0 aliphatic heterocycles. The van der Waals surface area contributed by atoms with E-state index in [1.54, 1.807) is 24.3 Å². The van der Waals surface area contributed by atoms with Crippen LogP contribution in [0.5, 0.6) is 11.5 Å². The van der Waals surface area contributed by atoms with Crippen LogP contribution in [0.25, 0.3) is 0 Å². The zero-order valence-corrected chi connectivity index (χ0v) is 19.4. The summed E-state index contributed by atoms with van der Waals surface area (Å²) in [7, 11) is 5.52. The smallest absolute Gasteiger partial charge is 0.337 e. The molecule has 0 radical (unpaired) electrons. The number of esters is 2. The van der Waals surface area contributed by atoms with Crippen LogP contribution in [0.1, 0.15) is 48.4 Å². The standard InChI is InChI=1S/C11H11BrO4.C11H12O4/c1-15-10-4-3-7(11(14)16-2)5-8(10)9(13)6-12;1-7(12)9-6-8(11(13)15-3)4-5-10(9)14-2/h3-5H,6H2,1-2H3;4-6H,1-3H3. The van der Waals surface area contributed by atoms with Crippen molar-refractivity contribution >= 4 is 39.4 Å². The highest BCUT2D eigenvalue weighted by atomic mass is 79.9. The Balaban J connectivity index is 0.000000311. The molecular formula is C22H23BrO8. The van der Waals surface area contributed by atoms with E-state index in [9.17, 15) is 19.2 Å². The number of carbonyl (C=O) groups excluding carboxylic acids is 4. The molecule has 0 bridgehead atoms. The normalized spacial score (nSPS) is 9.61. The fourth-order valence-corrected chi connectivity index (χ4v) is 2.77. The van der Waals surface area contributed by atoms with Crippen LogP contribution < -0.4 is 9.47 Å². The van der Waals surface area contributed by atoms with E-state index < -0.39 is 11.9 Å². The predicted molar refractivity (Wildman–Crippen MR) is 117 cm³/mol. The van der Waals surface area contributed by atoms with Crippen molar-refractivity contribution in [3.05, 3.63) is 58.7 Å². The topological polar surface area (TPSA) is 105 Å². The van der Waals surface area contributed by atoms with Gasteiger partial charge in [0, 0.05) is 0 Å². The lowest BCUT2D eigenvalue weighted by atomic mass is 10.1. The van der Waals surface area contributed by atoms with Gasteiger partial charge in [0.05, 0.1) is 56.0 Å². The highest BCUT2D eigenvalue weighted by molar-refractivity contribution is 9.09. The maximum atomic E-state index is 11.6. The first-order valence-electron chi connectivity index (χ1n) is 8.86. The molecule has 0 unspecified atom stereocenters. The molecule has 0 spiro atoms. The van der Waals surface area contributed by atoms with Crippen LogP contribution in [0.4, 0.5) is 0 Å². The summed E-state index contributed by atoms with van der Waals surface area (Å²) in [6, 6.07) is 9.18. The molecule has 2 aromatic carbocycles. The second-order valence-corrected chi connectivity index (χ2v) is 6.49. The van der Waals surface area contributed by atoms with Crippen LogP contribution in [0.3, 0.4) is 0 Å². The summed E-state index contributed by atoms with van der Waals surface area (Å²) < 4.78 is 19.2. The van der Waals surface area contributed by atoms with Crippen LogP contribution in [0.15, 0.2) is 36.4 Å². The lowest BCUT2D eigenvalue weighted by Gasteiger charge is -2.07. The van der Waals surface area contributed by atoms with E-state index in [2.05, 4.69) is 25.4 Å². The van der Waals surface area contributed by atoms with Crippen LogP contribution in [-0.4, -0.2) is 57.3 Å². The summed E-state index contributed by atoms with van der Waals surface area (Å²) in [5.74, 6) is -0.362. The fraction of sp³-hybridized carbons (Fsp3) is 0.273. The maximum absolute atomic E-state index is 11.6. The average molecular weight is 495 g/mol. The van der Waals surface area contributed by atoms with E-state index in [-0.39, 0.29) is 16.9 Å². The van der Waals surface area contributed by atoms with Gasteiger partial charge in [0.2, 0.25) is 0 Å². The molecule has 0 heterocycles. The van der Waals surface area contributed by atoms with Crippen LogP contribution in [0.2, 0.25) is 0 Å². The van der Waals surface area contributed by atoms with Crippen molar-refractivity contribution in [2.24, 2.45) is 0 Å². The third-order valence-corrected chi connectivity index (χ3v) is 4.55. The number of Topliss-reactive ketones (excluding diaryl/α,β-unsaturated/α-hetero) is 2. The summed E-state index contributed by atoms with van der Waals surface area (Å²) >= 11 is 3.07. The van der Waals surface area contributed by atoms with Gasteiger partial charge < -0.3 is 18.9 Å². The predicted octanol–water partition coefficient (Wildman–Crippen LogP) is 3.74. The van der Waals surface area contributed by atoms with E-state index in [0.717, 1.165) is 0 Å². The molecule has 0 fully saturated rings. The molecule has 9 heteroatoms. The molecule has 166 valence electrons. The van der Waals surface area contributed by atoms with Gasteiger partial charge in [-0.3, -0.25) is 9.59 Å². The van der Waals surface area contributed by atoms with Gasteiger partial charge in [-0.05, 0) is 43.3 Å². The molecule has 0 saturated carbocycles. The van der Waals surface area contributed by atoms with Crippen molar-refractivity contribution < 1.29 is 38.1 Å². The van der Waals surface area contributed by atoms with Gasteiger partial charge in [0.15, 0.2) is 11.6 Å². The van der Waals surface area contributed by atoms with Crippen LogP contribution >= 0.6 is 15.9 Å². The Labute approximate surface area is 188 Å². The molecule has 0 N–H and O–H groups in total. The number of rotatable bonds is 7. The molecule has 0 amide bonds. The van der Waals surface area contributed by atoms with Gasteiger partial charge in [0.1, 0.15) is 11.5 Å².